The summed E-state index contributed by atoms with van der Waals surface area (Å²) in [6.07, 6.45) is 4.67. The van der Waals surface area contributed by atoms with E-state index in [9.17, 15) is 9.90 Å². The Bertz CT molecular complexity index is 1340. The molecule has 1 amide bonds. The van der Waals surface area contributed by atoms with Gasteiger partial charge in [0.25, 0.3) is 5.91 Å². The molecule has 1 saturated carbocycles. The largest absolute Gasteiger partial charge is 0.392 e. The van der Waals surface area contributed by atoms with Crippen LogP contribution in [0.3, 0.4) is 0 Å². The van der Waals surface area contributed by atoms with Gasteiger partial charge in [0, 0.05) is 48.7 Å². The standard InChI is InChI=1S/C27H28N6O2/c34-23-13-15-32(17-23)16-18-3-5-19(6-4-18)24-2-1-14-33-25(24)30-27(31-33)29-22-9-7-20(8-10-22)26(35)28-21-11-12-21/h1-10,14,21,23,34H,11-13,15-17H2,(H,28,35)(H,29,31). The number of carbonyl (C=O) groups excluding carboxylic acids is 1. The second-order valence-corrected chi connectivity index (χ2v) is 9.45. The van der Waals surface area contributed by atoms with E-state index in [1.165, 1.54) is 5.56 Å². The first-order chi connectivity index (χ1) is 17.1. The summed E-state index contributed by atoms with van der Waals surface area (Å²) >= 11 is 0. The maximum absolute atomic E-state index is 12.2. The summed E-state index contributed by atoms with van der Waals surface area (Å²) in [5.74, 6) is 0.468. The molecule has 4 aromatic rings. The lowest BCUT2D eigenvalue weighted by atomic mass is 10.0. The third-order valence-electron chi connectivity index (χ3n) is 6.60. The summed E-state index contributed by atoms with van der Waals surface area (Å²) in [6.45, 7) is 2.53. The molecule has 2 aliphatic rings. The van der Waals surface area contributed by atoms with Crippen LogP contribution in [-0.2, 0) is 6.54 Å². The van der Waals surface area contributed by atoms with Crippen molar-refractivity contribution in [2.75, 3.05) is 18.4 Å². The van der Waals surface area contributed by atoms with E-state index < -0.39 is 0 Å². The summed E-state index contributed by atoms with van der Waals surface area (Å²) in [5.41, 5.74) is 5.55. The molecule has 2 fully saturated rings. The number of likely N-dealkylation sites (tertiary alicyclic amines) is 1. The number of fused-ring (bicyclic) bond motifs is 1. The zero-order valence-electron chi connectivity index (χ0n) is 19.4. The van der Waals surface area contributed by atoms with Crippen molar-refractivity contribution >= 4 is 23.2 Å². The van der Waals surface area contributed by atoms with E-state index in [0.717, 1.165) is 61.4 Å². The molecule has 35 heavy (non-hydrogen) atoms. The highest BCUT2D eigenvalue weighted by Gasteiger charge is 2.23. The van der Waals surface area contributed by atoms with E-state index in [2.05, 4.69) is 44.9 Å². The number of β-amino-alcohol motifs (C(OH)–C–C–N with tert-alkyl or cyclic N) is 1. The number of aliphatic hydroxyl groups is 1. The maximum Gasteiger partial charge on any atom is 0.251 e. The fraction of sp³-hybridized carbons (Fsp3) is 0.296. The molecule has 2 aromatic heterocycles. The number of anilines is 2. The van der Waals surface area contributed by atoms with Gasteiger partial charge in [0.2, 0.25) is 5.95 Å². The molecule has 6 rings (SSSR count). The Kier molecular flexibility index (Phi) is 5.67. The van der Waals surface area contributed by atoms with Crippen LogP contribution in [0.25, 0.3) is 16.8 Å². The molecule has 1 aliphatic heterocycles. The van der Waals surface area contributed by atoms with Crippen molar-refractivity contribution in [1.82, 2.24) is 24.8 Å². The van der Waals surface area contributed by atoms with Crippen molar-refractivity contribution in [1.29, 1.82) is 0 Å². The van der Waals surface area contributed by atoms with Crippen LogP contribution in [-0.4, -0.2) is 55.7 Å². The van der Waals surface area contributed by atoms with E-state index in [0.29, 0.717) is 17.6 Å². The maximum atomic E-state index is 12.2. The number of nitrogens with zero attached hydrogens (tertiary/aromatic N) is 4. The number of amides is 1. The number of hydrogen-bond acceptors (Lipinski definition) is 6. The monoisotopic (exact) mass is 468 g/mol. The number of benzene rings is 2. The van der Waals surface area contributed by atoms with Crippen LogP contribution in [0, 0.1) is 0 Å². The molecule has 3 heterocycles. The van der Waals surface area contributed by atoms with Crippen molar-refractivity contribution in [3.8, 4) is 11.1 Å². The van der Waals surface area contributed by atoms with Gasteiger partial charge >= 0.3 is 0 Å². The van der Waals surface area contributed by atoms with Crippen LogP contribution in [0.1, 0.15) is 35.2 Å². The van der Waals surface area contributed by atoms with Gasteiger partial charge in [-0.1, -0.05) is 24.3 Å². The number of nitrogens with one attached hydrogen (secondary N) is 2. The molecule has 3 N–H and O–H groups in total. The fourth-order valence-electron chi connectivity index (χ4n) is 4.52. The lowest BCUT2D eigenvalue weighted by Gasteiger charge is -2.15. The van der Waals surface area contributed by atoms with Crippen LogP contribution in [0.2, 0.25) is 0 Å². The summed E-state index contributed by atoms with van der Waals surface area (Å²) in [7, 11) is 0. The van der Waals surface area contributed by atoms with Gasteiger partial charge in [0.1, 0.15) is 0 Å². The molecule has 0 bridgehead atoms. The minimum absolute atomic E-state index is 0.0291. The molecule has 178 valence electrons. The highest BCUT2D eigenvalue weighted by atomic mass is 16.3. The van der Waals surface area contributed by atoms with E-state index in [-0.39, 0.29) is 12.0 Å². The van der Waals surface area contributed by atoms with E-state index in [1.807, 2.05) is 42.6 Å². The first-order valence-electron chi connectivity index (χ1n) is 12.1. The number of aromatic nitrogens is 3. The van der Waals surface area contributed by atoms with Crippen LogP contribution in [0.4, 0.5) is 11.6 Å². The quantitative estimate of drug-likeness (QED) is 0.384. The summed E-state index contributed by atoms with van der Waals surface area (Å²) < 4.78 is 1.77. The average Bonchev–Trinajstić information content (AvgIpc) is 3.43. The number of hydrogen-bond donors (Lipinski definition) is 3. The average molecular weight is 469 g/mol. The smallest absolute Gasteiger partial charge is 0.251 e. The lowest BCUT2D eigenvalue weighted by molar-refractivity contribution is 0.0951. The Morgan fingerprint density at radius 2 is 1.83 bits per heavy atom. The predicted octanol–water partition coefficient (Wildman–Crippen LogP) is 3.60. The molecular weight excluding hydrogens is 440 g/mol. The molecule has 8 nitrogen and oxygen atoms in total. The molecule has 1 unspecified atom stereocenters. The van der Waals surface area contributed by atoms with Gasteiger partial charge in [0.05, 0.1) is 6.10 Å². The number of carbonyl (C=O) groups is 1. The Balaban J connectivity index is 1.17. The Hall–Kier alpha value is -3.75. The van der Waals surface area contributed by atoms with Crippen molar-refractivity contribution in [2.45, 2.75) is 38.0 Å². The van der Waals surface area contributed by atoms with Gasteiger partial charge in [0.15, 0.2) is 5.65 Å². The Morgan fingerprint density at radius 3 is 2.54 bits per heavy atom. The summed E-state index contributed by atoms with van der Waals surface area (Å²) in [5, 5.41) is 20.6. The van der Waals surface area contributed by atoms with Gasteiger partial charge in [-0.05, 0) is 66.8 Å². The van der Waals surface area contributed by atoms with Crippen LogP contribution >= 0.6 is 0 Å². The number of aliphatic hydroxyl groups excluding tert-OH is 1. The van der Waals surface area contributed by atoms with Gasteiger partial charge in [-0.25, -0.2) is 4.52 Å². The minimum Gasteiger partial charge on any atom is -0.392 e. The normalized spacial score (nSPS) is 18.1. The summed E-state index contributed by atoms with van der Waals surface area (Å²) in [4.78, 5) is 19.2. The molecule has 2 aromatic carbocycles. The molecule has 0 radical (unpaired) electrons. The second kappa shape index (κ2) is 9.13. The van der Waals surface area contributed by atoms with Crippen LogP contribution in [0.15, 0.2) is 66.9 Å². The van der Waals surface area contributed by atoms with E-state index in [1.54, 1.807) is 4.52 Å². The number of pyridine rings is 1. The van der Waals surface area contributed by atoms with E-state index in [4.69, 9.17) is 4.98 Å². The van der Waals surface area contributed by atoms with Crippen LogP contribution in [0.5, 0.6) is 0 Å². The molecular formula is C27H28N6O2. The lowest BCUT2D eigenvalue weighted by Crippen LogP contribution is -2.25. The highest BCUT2D eigenvalue weighted by molar-refractivity contribution is 5.95. The van der Waals surface area contributed by atoms with Gasteiger partial charge in [-0.2, -0.15) is 4.98 Å². The highest BCUT2D eigenvalue weighted by Crippen LogP contribution is 2.26. The molecule has 8 heteroatoms. The minimum atomic E-state index is -0.201. The molecule has 0 spiro atoms. The van der Waals surface area contributed by atoms with Crippen LogP contribution < -0.4 is 10.6 Å². The molecule has 1 saturated heterocycles. The van der Waals surface area contributed by atoms with Crippen molar-refractivity contribution in [3.05, 3.63) is 78.0 Å². The van der Waals surface area contributed by atoms with Gasteiger partial charge in [-0.15, -0.1) is 5.10 Å². The Labute approximate surface area is 203 Å². The number of rotatable bonds is 7. The zero-order chi connectivity index (χ0) is 23.8. The third kappa shape index (κ3) is 4.89. The first-order valence-corrected chi connectivity index (χ1v) is 12.1. The first kappa shape index (κ1) is 21.8. The van der Waals surface area contributed by atoms with Crippen molar-refractivity contribution in [3.63, 3.8) is 0 Å². The summed E-state index contributed by atoms with van der Waals surface area (Å²) in [6, 6.07) is 20.2. The fourth-order valence-corrected chi connectivity index (χ4v) is 4.52. The second-order valence-electron chi connectivity index (χ2n) is 9.45. The molecule has 1 aliphatic carbocycles. The van der Waals surface area contributed by atoms with E-state index >= 15 is 0 Å². The predicted molar refractivity (Wildman–Crippen MR) is 135 cm³/mol. The van der Waals surface area contributed by atoms with Gasteiger partial charge in [-0.3, -0.25) is 9.69 Å². The van der Waals surface area contributed by atoms with Gasteiger partial charge < -0.3 is 15.7 Å². The topological polar surface area (TPSA) is 94.8 Å². The van der Waals surface area contributed by atoms with Crippen molar-refractivity contribution < 1.29 is 9.90 Å². The SMILES string of the molecule is O=C(NC1CC1)c1ccc(Nc2nc3c(-c4ccc(CN5CCC(O)C5)cc4)cccn3n2)cc1. The zero-order valence-corrected chi connectivity index (χ0v) is 19.4. The molecule has 1 atom stereocenters. The van der Waals surface area contributed by atoms with Crippen molar-refractivity contribution in [2.24, 2.45) is 0 Å². The third-order valence-corrected chi connectivity index (χ3v) is 6.60. The Morgan fingerprint density at radius 1 is 1.03 bits per heavy atom.